The Hall–Kier alpha value is -4.52. The number of hydrogen-bond donors (Lipinski definition) is 1. The van der Waals surface area contributed by atoms with Gasteiger partial charge < -0.3 is 14.8 Å². The minimum absolute atomic E-state index is 0.0654. The van der Waals surface area contributed by atoms with E-state index in [0.29, 0.717) is 16.9 Å². The number of nitriles is 1. The minimum Gasteiger partial charge on any atom is -0.451 e. The fourth-order valence-electron chi connectivity index (χ4n) is 3.09. The summed E-state index contributed by atoms with van der Waals surface area (Å²) < 4.78 is 35.3. The van der Waals surface area contributed by atoms with Gasteiger partial charge in [0, 0.05) is 16.9 Å². The summed E-state index contributed by atoms with van der Waals surface area (Å²) in [7, 11) is 0. The Labute approximate surface area is 194 Å². The number of aromatic nitrogens is 2. The van der Waals surface area contributed by atoms with Crippen LogP contribution < -0.4 is 10.1 Å². The summed E-state index contributed by atoms with van der Waals surface area (Å²) in [6, 6.07) is 16.4. The van der Waals surface area contributed by atoms with Crippen molar-refractivity contribution in [3.63, 3.8) is 0 Å². The van der Waals surface area contributed by atoms with Crippen LogP contribution in [-0.4, -0.2) is 34.9 Å². The molecule has 1 aromatic heterocycles. The quantitative estimate of drug-likeness (QED) is 0.303. The average Bonchev–Trinajstić information content (AvgIpc) is 3.10. The molecule has 0 unspecified atom stereocenters. The number of halogens is 2. The van der Waals surface area contributed by atoms with Gasteiger partial charge in [0.15, 0.2) is 6.61 Å². The Morgan fingerprint density at radius 1 is 1.15 bits per heavy atom. The first kappa shape index (κ1) is 24.1. The standard InChI is InChI=1S/C24H20F2N4O4/c1-15-21(16(2)30(29-15)19-6-4-3-5-7-19)12-17(13-27)23(32)33-14-22(31)28-18-8-10-20(11-9-18)34-24(25)26/h3-12,24H,14H2,1-2H3,(H,28,31)/b17-12+. The minimum atomic E-state index is -2.96. The van der Waals surface area contributed by atoms with Gasteiger partial charge in [-0.2, -0.15) is 19.1 Å². The molecule has 1 heterocycles. The van der Waals surface area contributed by atoms with Gasteiger partial charge in [-0.15, -0.1) is 0 Å². The molecule has 0 bridgehead atoms. The lowest BCUT2D eigenvalue weighted by Crippen LogP contribution is -2.21. The molecule has 1 amide bonds. The highest BCUT2D eigenvalue weighted by atomic mass is 19.3. The van der Waals surface area contributed by atoms with E-state index in [-0.39, 0.29) is 11.3 Å². The van der Waals surface area contributed by atoms with E-state index in [9.17, 15) is 23.6 Å². The number of anilines is 1. The lowest BCUT2D eigenvalue weighted by Gasteiger charge is -2.08. The van der Waals surface area contributed by atoms with Gasteiger partial charge >= 0.3 is 12.6 Å². The van der Waals surface area contributed by atoms with E-state index in [1.807, 2.05) is 37.3 Å². The maximum atomic E-state index is 12.4. The lowest BCUT2D eigenvalue weighted by atomic mass is 10.1. The van der Waals surface area contributed by atoms with Crippen LogP contribution >= 0.6 is 0 Å². The van der Waals surface area contributed by atoms with Gasteiger partial charge in [0.25, 0.3) is 5.91 Å². The summed E-state index contributed by atoms with van der Waals surface area (Å²) in [5.41, 5.74) is 2.75. The second-order valence-electron chi connectivity index (χ2n) is 7.03. The van der Waals surface area contributed by atoms with Crippen LogP contribution in [0.15, 0.2) is 60.2 Å². The zero-order valence-electron chi connectivity index (χ0n) is 18.3. The van der Waals surface area contributed by atoms with E-state index in [1.165, 1.54) is 30.3 Å². The van der Waals surface area contributed by atoms with Crippen LogP contribution in [-0.2, 0) is 14.3 Å². The number of esters is 1. The topological polar surface area (TPSA) is 106 Å². The fraction of sp³-hybridized carbons (Fsp3) is 0.167. The maximum Gasteiger partial charge on any atom is 0.387 e. The number of ether oxygens (including phenoxy) is 2. The molecule has 0 fully saturated rings. The number of nitrogens with zero attached hydrogens (tertiary/aromatic N) is 3. The fourth-order valence-corrected chi connectivity index (χ4v) is 3.09. The second-order valence-corrected chi connectivity index (χ2v) is 7.03. The van der Waals surface area contributed by atoms with Crippen LogP contribution in [0.1, 0.15) is 17.0 Å². The first-order chi connectivity index (χ1) is 16.3. The molecule has 3 aromatic rings. The van der Waals surface area contributed by atoms with E-state index in [1.54, 1.807) is 17.7 Å². The van der Waals surface area contributed by atoms with Gasteiger partial charge in [-0.3, -0.25) is 4.79 Å². The van der Waals surface area contributed by atoms with Gasteiger partial charge in [-0.1, -0.05) is 18.2 Å². The van der Waals surface area contributed by atoms with Crippen LogP contribution in [0.2, 0.25) is 0 Å². The Morgan fingerprint density at radius 3 is 2.44 bits per heavy atom. The number of rotatable bonds is 8. The van der Waals surface area contributed by atoms with Gasteiger partial charge in [-0.25, -0.2) is 9.48 Å². The first-order valence-corrected chi connectivity index (χ1v) is 10.0. The monoisotopic (exact) mass is 466 g/mol. The smallest absolute Gasteiger partial charge is 0.387 e. The van der Waals surface area contributed by atoms with Gasteiger partial charge in [-0.05, 0) is 56.3 Å². The molecule has 0 aliphatic heterocycles. The van der Waals surface area contributed by atoms with Crippen molar-refractivity contribution >= 4 is 23.6 Å². The molecule has 174 valence electrons. The lowest BCUT2D eigenvalue weighted by molar-refractivity contribution is -0.142. The van der Waals surface area contributed by atoms with E-state index >= 15 is 0 Å². The van der Waals surface area contributed by atoms with E-state index in [2.05, 4.69) is 15.2 Å². The van der Waals surface area contributed by atoms with Crippen LogP contribution in [0.25, 0.3) is 11.8 Å². The van der Waals surface area contributed by atoms with Gasteiger partial charge in [0.1, 0.15) is 17.4 Å². The number of aryl methyl sites for hydroxylation is 1. The molecule has 0 spiro atoms. The largest absolute Gasteiger partial charge is 0.451 e. The number of benzene rings is 2. The Kier molecular flexibility index (Phi) is 7.71. The number of amides is 1. The van der Waals surface area contributed by atoms with Crippen LogP contribution in [0.3, 0.4) is 0 Å². The van der Waals surface area contributed by atoms with Crippen molar-refractivity contribution in [2.45, 2.75) is 20.5 Å². The molecule has 0 atom stereocenters. The molecule has 2 aromatic carbocycles. The highest BCUT2D eigenvalue weighted by Crippen LogP contribution is 2.21. The third-order valence-electron chi connectivity index (χ3n) is 4.67. The summed E-state index contributed by atoms with van der Waals surface area (Å²) in [6.45, 7) is -0.0371. The van der Waals surface area contributed by atoms with Crippen molar-refractivity contribution in [3.05, 3.63) is 77.1 Å². The number of alkyl halides is 2. The summed E-state index contributed by atoms with van der Waals surface area (Å²) in [4.78, 5) is 24.4. The van der Waals surface area contributed by atoms with E-state index in [0.717, 1.165) is 11.4 Å². The molecule has 34 heavy (non-hydrogen) atoms. The van der Waals surface area contributed by atoms with Crippen molar-refractivity contribution in [3.8, 4) is 17.5 Å². The molecular formula is C24H20F2N4O4. The number of para-hydroxylation sites is 1. The molecule has 0 aliphatic rings. The summed E-state index contributed by atoms with van der Waals surface area (Å²) in [5, 5.41) is 16.4. The Balaban J connectivity index is 1.64. The van der Waals surface area contributed by atoms with Gasteiger partial charge in [0.2, 0.25) is 0 Å². The second kappa shape index (κ2) is 10.9. The molecule has 8 nitrogen and oxygen atoms in total. The molecule has 0 radical (unpaired) electrons. The van der Waals surface area contributed by atoms with Crippen molar-refractivity contribution in [2.75, 3.05) is 11.9 Å². The molecule has 0 saturated carbocycles. The number of hydrogen-bond acceptors (Lipinski definition) is 6. The average molecular weight is 466 g/mol. The highest BCUT2D eigenvalue weighted by molar-refractivity contribution is 6.00. The molecule has 10 heteroatoms. The normalized spacial score (nSPS) is 11.1. The van der Waals surface area contributed by atoms with E-state index < -0.39 is 25.1 Å². The zero-order chi connectivity index (χ0) is 24.7. The predicted molar refractivity (Wildman–Crippen MR) is 119 cm³/mol. The predicted octanol–water partition coefficient (Wildman–Crippen LogP) is 4.18. The Morgan fingerprint density at radius 2 is 1.82 bits per heavy atom. The summed E-state index contributed by atoms with van der Waals surface area (Å²) in [6.07, 6.45) is 1.37. The molecule has 0 aliphatic carbocycles. The van der Waals surface area contributed by atoms with Crippen molar-refractivity contribution in [1.82, 2.24) is 9.78 Å². The zero-order valence-corrected chi connectivity index (χ0v) is 18.3. The summed E-state index contributed by atoms with van der Waals surface area (Å²) in [5.74, 6) is -1.70. The molecule has 0 saturated heterocycles. The molecular weight excluding hydrogens is 446 g/mol. The van der Waals surface area contributed by atoms with Crippen LogP contribution in [0, 0.1) is 25.2 Å². The summed E-state index contributed by atoms with van der Waals surface area (Å²) >= 11 is 0. The molecule has 1 N–H and O–H groups in total. The third-order valence-corrected chi connectivity index (χ3v) is 4.67. The van der Waals surface area contributed by atoms with Gasteiger partial charge in [0.05, 0.1) is 11.4 Å². The number of carbonyl (C=O) groups excluding carboxylic acids is 2. The first-order valence-electron chi connectivity index (χ1n) is 10.0. The van der Waals surface area contributed by atoms with E-state index in [4.69, 9.17) is 4.74 Å². The van der Waals surface area contributed by atoms with Crippen molar-refractivity contribution < 1.29 is 27.8 Å². The van der Waals surface area contributed by atoms with Crippen molar-refractivity contribution in [2.24, 2.45) is 0 Å². The third kappa shape index (κ3) is 6.04. The van der Waals surface area contributed by atoms with Crippen LogP contribution in [0.4, 0.5) is 14.5 Å². The Bertz CT molecular complexity index is 1250. The molecule has 3 rings (SSSR count). The van der Waals surface area contributed by atoms with Crippen molar-refractivity contribution in [1.29, 1.82) is 5.26 Å². The highest BCUT2D eigenvalue weighted by Gasteiger charge is 2.17. The number of nitrogens with one attached hydrogen (secondary N) is 1. The van der Waals surface area contributed by atoms with Crippen LogP contribution in [0.5, 0.6) is 5.75 Å². The number of carbonyl (C=O) groups is 2. The maximum absolute atomic E-state index is 12.4. The SMILES string of the molecule is Cc1nn(-c2ccccc2)c(C)c1/C=C(\C#N)C(=O)OCC(=O)Nc1ccc(OC(F)F)cc1.